The third-order valence-electron chi connectivity index (χ3n) is 5.12. The highest BCUT2D eigenvalue weighted by Crippen LogP contribution is 2.33. The number of benzene rings is 2. The van der Waals surface area contributed by atoms with Crippen molar-refractivity contribution in [3.63, 3.8) is 0 Å². The Labute approximate surface area is 178 Å². The Balaban J connectivity index is 0.00000256. The fraction of sp³-hybridized carbons (Fsp3) is 0.273. The lowest BCUT2D eigenvalue weighted by Crippen LogP contribution is -2.35. The number of hydrogen-bond donors (Lipinski definition) is 1. The summed E-state index contributed by atoms with van der Waals surface area (Å²) in [7, 11) is 0. The maximum atomic E-state index is 12.9. The van der Waals surface area contributed by atoms with Crippen LogP contribution < -0.4 is 5.32 Å². The van der Waals surface area contributed by atoms with Crippen LogP contribution in [0.3, 0.4) is 0 Å². The van der Waals surface area contributed by atoms with Gasteiger partial charge in [0.2, 0.25) is 0 Å². The van der Waals surface area contributed by atoms with Crippen LogP contribution in [0.1, 0.15) is 35.2 Å². The van der Waals surface area contributed by atoms with Crippen molar-refractivity contribution in [2.75, 3.05) is 18.4 Å². The summed E-state index contributed by atoms with van der Waals surface area (Å²) >= 11 is 0. The molecule has 0 atom stereocenters. The van der Waals surface area contributed by atoms with E-state index >= 15 is 0 Å². The molecule has 0 aliphatic carbocycles. The third kappa shape index (κ3) is 4.67. The van der Waals surface area contributed by atoms with Crippen molar-refractivity contribution in [3.8, 4) is 0 Å². The van der Waals surface area contributed by atoms with Gasteiger partial charge in [-0.3, -0.25) is 9.78 Å². The van der Waals surface area contributed by atoms with E-state index in [2.05, 4.69) is 10.3 Å². The zero-order valence-corrected chi connectivity index (χ0v) is 16.9. The summed E-state index contributed by atoms with van der Waals surface area (Å²) in [5.41, 5.74) is 1.57. The normalized spacial score (nSPS) is 14.3. The van der Waals surface area contributed by atoms with Gasteiger partial charge in [0.05, 0.1) is 11.1 Å². The van der Waals surface area contributed by atoms with E-state index < -0.39 is 11.7 Å². The molecule has 158 valence electrons. The molecule has 1 aromatic heterocycles. The van der Waals surface area contributed by atoms with Gasteiger partial charge in [0, 0.05) is 41.6 Å². The maximum absolute atomic E-state index is 12.9. The van der Waals surface area contributed by atoms with Gasteiger partial charge in [0.15, 0.2) is 0 Å². The number of piperidine rings is 1. The summed E-state index contributed by atoms with van der Waals surface area (Å²) in [6.45, 7) is 1.59. The predicted molar refractivity (Wildman–Crippen MR) is 113 cm³/mol. The van der Waals surface area contributed by atoms with Gasteiger partial charge < -0.3 is 10.2 Å². The second-order valence-electron chi connectivity index (χ2n) is 7.14. The molecule has 1 aliphatic rings. The molecule has 2 heterocycles. The zero-order chi connectivity index (χ0) is 20.4. The van der Waals surface area contributed by atoms with E-state index in [-0.39, 0.29) is 23.8 Å². The van der Waals surface area contributed by atoms with Crippen molar-refractivity contribution < 1.29 is 18.0 Å². The first-order chi connectivity index (χ1) is 13.9. The second kappa shape index (κ2) is 8.92. The van der Waals surface area contributed by atoms with Crippen molar-refractivity contribution in [1.82, 2.24) is 9.88 Å². The molecule has 30 heavy (non-hydrogen) atoms. The Morgan fingerprint density at radius 3 is 2.33 bits per heavy atom. The van der Waals surface area contributed by atoms with E-state index in [1.54, 1.807) is 30.3 Å². The number of aromatic nitrogens is 1. The molecule has 8 heteroatoms. The number of hydrogen-bond acceptors (Lipinski definition) is 3. The molecular weight excluding hydrogens is 415 g/mol. The van der Waals surface area contributed by atoms with Crippen LogP contribution in [0.25, 0.3) is 10.9 Å². The molecule has 1 N–H and O–H groups in total. The molecular formula is C22H21ClF3N3O. The van der Waals surface area contributed by atoms with Crippen LogP contribution in [0, 0.1) is 0 Å². The predicted octanol–water partition coefficient (Wildman–Crippen LogP) is 6.05. The third-order valence-corrected chi connectivity index (χ3v) is 5.12. The van der Waals surface area contributed by atoms with Gasteiger partial charge in [-0.1, -0.05) is 6.07 Å². The number of nitrogens with one attached hydrogen (secondary N) is 1. The largest absolute Gasteiger partial charge is 0.416 e. The summed E-state index contributed by atoms with van der Waals surface area (Å²) < 4.78 is 38.8. The number of halogens is 4. The van der Waals surface area contributed by atoms with Crippen molar-refractivity contribution >= 4 is 40.6 Å². The molecule has 1 fully saturated rings. The molecule has 4 nitrogen and oxygen atoms in total. The van der Waals surface area contributed by atoms with E-state index in [0.717, 1.165) is 50.2 Å². The minimum absolute atomic E-state index is 0. The van der Waals surface area contributed by atoms with Gasteiger partial charge in [0.25, 0.3) is 5.91 Å². The number of rotatable bonds is 3. The Morgan fingerprint density at radius 2 is 1.67 bits per heavy atom. The monoisotopic (exact) mass is 435 g/mol. The summed E-state index contributed by atoms with van der Waals surface area (Å²) in [5.74, 6) is 0.0327. The fourth-order valence-corrected chi connectivity index (χ4v) is 3.56. The first-order valence-electron chi connectivity index (χ1n) is 9.54. The molecule has 4 rings (SSSR count). The quantitative estimate of drug-likeness (QED) is 0.545. The minimum atomic E-state index is -4.41. The summed E-state index contributed by atoms with van der Waals surface area (Å²) in [6, 6.07) is 12.4. The Kier molecular flexibility index (Phi) is 6.51. The van der Waals surface area contributed by atoms with Gasteiger partial charge in [-0.05, 0) is 61.7 Å². The topological polar surface area (TPSA) is 45.2 Å². The summed E-state index contributed by atoms with van der Waals surface area (Å²) in [6.07, 6.45) is 0.305. The van der Waals surface area contributed by atoms with Crippen LogP contribution in [0.5, 0.6) is 0 Å². The van der Waals surface area contributed by atoms with Crippen LogP contribution in [0.2, 0.25) is 0 Å². The molecule has 3 aromatic rings. The molecule has 0 radical (unpaired) electrons. The number of nitrogens with zero attached hydrogens (tertiary/aromatic N) is 2. The van der Waals surface area contributed by atoms with E-state index in [0.29, 0.717) is 16.6 Å². The lowest BCUT2D eigenvalue weighted by atomic mass is 10.1. The van der Waals surface area contributed by atoms with E-state index in [9.17, 15) is 18.0 Å². The van der Waals surface area contributed by atoms with Crippen molar-refractivity contribution in [1.29, 1.82) is 0 Å². The number of likely N-dealkylation sites (tertiary alicyclic amines) is 1. The second-order valence-corrected chi connectivity index (χ2v) is 7.14. The molecule has 1 saturated heterocycles. The number of amides is 1. The number of carbonyl (C=O) groups excluding carboxylic acids is 1. The van der Waals surface area contributed by atoms with Crippen LogP contribution in [-0.2, 0) is 6.18 Å². The first-order valence-corrected chi connectivity index (χ1v) is 9.54. The highest BCUT2D eigenvalue weighted by atomic mass is 35.5. The van der Waals surface area contributed by atoms with Crippen LogP contribution in [0.15, 0.2) is 54.7 Å². The molecule has 2 aromatic carbocycles. The van der Waals surface area contributed by atoms with E-state index in [1.807, 2.05) is 4.90 Å². The minimum Gasteiger partial charge on any atom is -0.355 e. The van der Waals surface area contributed by atoms with Gasteiger partial charge in [-0.25, -0.2) is 0 Å². The van der Waals surface area contributed by atoms with Crippen molar-refractivity contribution in [2.45, 2.75) is 25.4 Å². The summed E-state index contributed by atoms with van der Waals surface area (Å²) in [5, 5.41) is 3.80. The molecule has 1 aliphatic heterocycles. The van der Waals surface area contributed by atoms with Crippen molar-refractivity contribution in [2.24, 2.45) is 0 Å². The molecule has 0 spiro atoms. The number of pyridine rings is 1. The Bertz CT molecular complexity index is 1030. The molecule has 0 unspecified atom stereocenters. The van der Waals surface area contributed by atoms with Gasteiger partial charge >= 0.3 is 6.18 Å². The molecule has 1 amide bonds. The lowest BCUT2D eigenvalue weighted by molar-refractivity contribution is -0.137. The van der Waals surface area contributed by atoms with Gasteiger partial charge in [-0.2, -0.15) is 13.2 Å². The van der Waals surface area contributed by atoms with E-state index in [1.165, 1.54) is 12.3 Å². The number of carbonyl (C=O) groups is 1. The maximum Gasteiger partial charge on any atom is 0.416 e. The Morgan fingerprint density at radius 1 is 0.967 bits per heavy atom. The highest BCUT2D eigenvalue weighted by molar-refractivity contribution is 5.96. The average Bonchev–Trinajstić information content (AvgIpc) is 2.73. The van der Waals surface area contributed by atoms with Crippen LogP contribution >= 0.6 is 12.4 Å². The number of anilines is 2. The average molecular weight is 436 g/mol. The zero-order valence-electron chi connectivity index (χ0n) is 16.1. The lowest BCUT2D eigenvalue weighted by Gasteiger charge is -2.26. The number of alkyl halides is 3. The molecule has 0 bridgehead atoms. The van der Waals surface area contributed by atoms with Crippen LogP contribution in [0.4, 0.5) is 24.5 Å². The van der Waals surface area contributed by atoms with Crippen LogP contribution in [-0.4, -0.2) is 28.9 Å². The first kappa shape index (κ1) is 21.9. The molecule has 0 saturated carbocycles. The fourth-order valence-electron chi connectivity index (χ4n) is 3.56. The summed E-state index contributed by atoms with van der Waals surface area (Å²) in [4.78, 5) is 18.5. The van der Waals surface area contributed by atoms with Gasteiger partial charge in [-0.15, -0.1) is 12.4 Å². The standard InChI is InChI=1S/C22H20F3N3O.ClH/c23-22(24,25)16-6-9-18-19(10-11-26-20(18)14-16)27-17-7-4-15(5-8-17)21(29)28-12-2-1-3-13-28;/h4-11,14H,1-3,12-13H2,(H,26,27);1H. The highest BCUT2D eigenvalue weighted by Gasteiger charge is 2.30. The van der Waals surface area contributed by atoms with Gasteiger partial charge in [0.1, 0.15) is 0 Å². The Hall–Kier alpha value is -2.80. The van der Waals surface area contributed by atoms with E-state index in [4.69, 9.17) is 0 Å². The number of fused-ring (bicyclic) bond motifs is 1. The van der Waals surface area contributed by atoms with Crippen molar-refractivity contribution in [3.05, 3.63) is 65.9 Å². The smallest absolute Gasteiger partial charge is 0.355 e. The SMILES string of the molecule is Cl.O=C(c1ccc(Nc2ccnc3cc(C(F)(F)F)ccc23)cc1)N1CCCCC1.